The number of nitrogens with zero attached hydrogens (tertiary/aromatic N) is 1. The normalized spacial score (nSPS) is 15.5. The molecular weight excluding hydrogens is 473 g/mol. The van der Waals surface area contributed by atoms with Crippen LogP contribution in [0.1, 0.15) is 54.3 Å². The maximum atomic E-state index is 6.07. The highest BCUT2D eigenvalue weighted by molar-refractivity contribution is 14.1. The second-order valence-electron chi connectivity index (χ2n) is 7.64. The zero-order chi connectivity index (χ0) is 20.2. The molecule has 0 saturated heterocycles. The minimum absolute atomic E-state index is 0.613. The van der Waals surface area contributed by atoms with Crippen LogP contribution >= 0.6 is 22.6 Å². The minimum atomic E-state index is 0.613. The molecule has 0 saturated carbocycles. The molecule has 0 fully saturated rings. The third-order valence-electron chi connectivity index (χ3n) is 5.82. The van der Waals surface area contributed by atoms with E-state index >= 15 is 0 Å². The largest absolute Gasteiger partial charge is 0.493 e. The quantitative estimate of drug-likeness (QED) is 0.259. The number of benzene rings is 2. The Kier molecular flexibility index (Phi) is 6.58. The number of aryl methyl sites for hydroxylation is 3. The first kappa shape index (κ1) is 20.5. The topological polar surface area (TPSA) is 35.3 Å². The number of aromatic nitrogens is 1. The molecule has 3 nitrogen and oxygen atoms in total. The predicted octanol–water partition coefficient (Wildman–Crippen LogP) is 6.55. The Morgan fingerprint density at radius 3 is 2.66 bits per heavy atom. The second-order valence-corrected chi connectivity index (χ2v) is 8.52. The molecule has 0 spiro atoms. The highest BCUT2D eigenvalue weighted by Crippen LogP contribution is 2.36. The van der Waals surface area contributed by atoms with Crippen LogP contribution in [-0.2, 0) is 25.7 Å². The molecule has 0 radical (unpaired) electrons. The molecule has 0 unspecified atom stereocenters. The molecule has 0 aliphatic heterocycles. The summed E-state index contributed by atoms with van der Waals surface area (Å²) in [5.41, 5.74) is 6.33. The van der Waals surface area contributed by atoms with Crippen molar-refractivity contribution in [1.29, 1.82) is 0 Å². The van der Waals surface area contributed by atoms with Crippen molar-refractivity contribution in [3.63, 3.8) is 0 Å². The molecule has 1 aliphatic rings. The molecule has 29 heavy (non-hydrogen) atoms. The smallest absolute Gasteiger partial charge is 0.226 e. The van der Waals surface area contributed by atoms with Crippen molar-refractivity contribution in [2.24, 2.45) is 0 Å². The molecule has 1 aromatic heterocycles. The van der Waals surface area contributed by atoms with Crippen molar-refractivity contribution in [3.8, 4) is 17.2 Å². The first-order valence-electron chi connectivity index (χ1n) is 10.6. The molecule has 1 aliphatic carbocycles. The highest BCUT2D eigenvalue weighted by atomic mass is 127. The second kappa shape index (κ2) is 9.33. The molecule has 0 amide bonds. The first-order valence-corrected chi connectivity index (χ1v) is 12.1. The van der Waals surface area contributed by atoms with Crippen LogP contribution in [0.15, 0.2) is 46.9 Å². The van der Waals surface area contributed by atoms with Crippen LogP contribution in [0.2, 0.25) is 0 Å². The van der Waals surface area contributed by atoms with E-state index in [2.05, 4.69) is 78.9 Å². The first-order chi connectivity index (χ1) is 14.2. The molecule has 0 N–H and O–H groups in total. The fraction of sp³-hybridized carbons (Fsp3) is 0.400. The Hall–Kier alpha value is -1.82. The monoisotopic (exact) mass is 501 g/mol. The Morgan fingerprint density at radius 2 is 1.93 bits per heavy atom. The summed E-state index contributed by atoms with van der Waals surface area (Å²) in [7, 11) is 0. The summed E-state index contributed by atoms with van der Waals surface area (Å²) >= 11 is 2.49. The summed E-state index contributed by atoms with van der Waals surface area (Å²) < 4.78 is 13.3. The number of hydrogen-bond donors (Lipinski definition) is 0. The van der Waals surface area contributed by atoms with Crippen LogP contribution in [0.25, 0.3) is 11.5 Å². The van der Waals surface area contributed by atoms with Gasteiger partial charge < -0.3 is 9.15 Å². The lowest BCUT2D eigenvalue weighted by molar-refractivity contribution is 0.319. The van der Waals surface area contributed by atoms with Gasteiger partial charge in [0, 0.05) is 22.8 Å². The van der Waals surface area contributed by atoms with Crippen LogP contribution in [0.5, 0.6) is 5.75 Å². The van der Waals surface area contributed by atoms with Gasteiger partial charge >= 0.3 is 0 Å². The molecular formula is C25H28INO2. The number of oxazole rings is 1. The van der Waals surface area contributed by atoms with Crippen molar-refractivity contribution in [2.45, 2.75) is 51.9 Å². The van der Waals surface area contributed by atoms with Gasteiger partial charge in [-0.05, 0) is 66.1 Å². The third-order valence-corrected chi connectivity index (χ3v) is 6.88. The van der Waals surface area contributed by atoms with Gasteiger partial charge in [0.2, 0.25) is 5.89 Å². The molecule has 2 aromatic carbocycles. The average Bonchev–Trinajstić information content (AvgIpc) is 3.37. The molecule has 1 atom stereocenters. The van der Waals surface area contributed by atoms with Crippen LogP contribution in [-0.4, -0.2) is 16.0 Å². The van der Waals surface area contributed by atoms with Crippen molar-refractivity contribution in [2.75, 3.05) is 11.0 Å². The van der Waals surface area contributed by atoms with Crippen molar-refractivity contribution >= 4 is 22.6 Å². The van der Waals surface area contributed by atoms with Crippen molar-refractivity contribution in [3.05, 3.63) is 70.6 Å². The molecule has 3 aromatic rings. The number of hydrogen-bond acceptors (Lipinski definition) is 3. The van der Waals surface area contributed by atoms with E-state index < -0.39 is 0 Å². The highest BCUT2D eigenvalue weighted by Gasteiger charge is 2.21. The zero-order valence-corrected chi connectivity index (χ0v) is 19.4. The Bertz CT molecular complexity index is 961. The summed E-state index contributed by atoms with van der Waals surface area (Å²) in [6, 6.07) is 15.1. The van der Waals surface area contributed by atoms with Gasteiger partial charge in [0.15, 0.2) is 0 Å². The van der Waals surface area contributed by atoms with E-state index in [1.807, 2.05) is 0 Å². The molecule has 0 bridgehead atoms. The summed E-state index contributed by atoms with van der Waals surface area (Å²) in [4.78, 5) is 4.77. The number of ether oxygens (including phenoxy) is 1. The van der Waals surface area contributed by atoms with Crippen LogP contribution < -0.4 is 4.74 Å². The minimum Gasteiger partial charge on any atom is -0.493 e. The lowest BCUT2D eigenvalue weighted by Gasteiger charge is -2.10. The van der Waals surface area contributed by atoms with E-state index in [-0.39, 0.29) is 0 Å². The number of halogens is 1. The van der Waals surface area contributed by atoms with Crippen LogP contribution in [0, 0.1) is 0 Å². The Labute approximate surface area is 187 Å². The lowest BCUT2D eigenvalue weighted by Crippen LogP contribution is -2.04. The molecule has 1 heterocycles. The summed E-state index contributed by atoms with van der Waals surface area (Å²) in [5, 5.41) is 0. The van der Waals surface area contributed by atoms with E-state index in [0.29, 0.717) is 18.4 Å². The van der Waals surface area contributed by atoms with Crippen molar-refractivity contribution < 1.29 is 9.15 Å². The molecule has 4 heteroatoms. The van der Waals surface area contributed by atoms with Crippen LogP contribution in [0.3, 0.4) is 0 Å². The fourth-order valence-corrected chi connectivity index (χ4v) is 4.97. The maximum Gasteiger partial charge on any atom is 0.226 e. The predicted molar refractivity (Wildman–Crippen MR) is 126 cm³/mol. The van der Waals surface area contributed by atoms with E-state index in [4.69, 9.17) is 14.1 Å². The van der Waals surface area contributed by atoms with Gasteiger partial charge in [0.1, 0.15) is 11.5 Å². The van der Waals surface area contributed by atoms with Crippen LogP contribution in [0.4, 0.5) is 0 Å². The summed E-state index contributed by atoms with van der Waals surface area (Å²) in [6.45, 7) is 4.89. The van der Waals surface area contributed by atoms with Crippen molar-refractivity contribution in [1.82, 2.24) is 4.98 Å². The van der Waals surface area contributed by atoms with Gasteiger partial charge in [-0.1, -0.05) is 54.6 Å². The van der Waals surface area contributed by atoms with E-state index in [1.54, 1.807) is 0 Å². The summed E-state index contributed by atoms with van der Waals surface area (Å²) in [5.74, 6) is 3.35. The maximum absolute atomic E-state index is 6.07. The number of fused-ring (bicyclic) bond motifs is 1. The Balaban J connectivity index is 1.41. The average molecular weight is 501 g/mol. The third kappa shape index (κ3) is 4.52. The van der Waals surface area contributed by atoms with Gasteiger partial charge in [-0.2, -0.15) is 0 Å². The van der Waals surface area contributed by atoms with Gasteiger partial charge in [-0.3, -0.25) is 0 Å². The SMILES string of the molecule is CCc1ccc(-c2nc(CCOc3ccc4c(c3)CC[C@H]4CI)c(CC)o2)cc1. The summed E-state index contributed by atoms with van der Waals surface area (Å²) in [6.07, 6.45) is 5.07. The fourth-order valence-electron chi connectivity index (χ4n) is 4.06. The van der Waals surface area contributed by atoms with Gasteiger partial charge in [0.25, 0.3) is 0 Å². The number of rotatable bonds is 8. The zero-order valence-electron chi connectivity index (χ0n) is 17.2. The standard InChI is InChI=1S/C25H28INO2/c1-3-17-5-7-18(8-6-17)25-27-23(24(4-2)29-25)13-14-28-21-11-12-22-19(15-21)9-10-20(22)16-26/h5-8,11-12,15,20H,3-4,9-10,13-14,16H2,1-2H3/t20-/m0/s1. The van der Waals surface area contributed by atoms with Gasteiger partial charge in [-0.25, -0.2) is 4.98 Å². The molecule has 152 valence electrons. The van der Waals surface area contributed by atoms with Gasteiger partial charge in [-0.15, -0.1) is 0 Å². The molecule has 4 rings (SSSR count). The lowest BCUT2D eigenvalue weighted by atomic mass is 10.0. The van der Waals surface area contributed by atoms with E-state index in [9.17, 15) is 0 Å². The number of alkyl halides is 1. The van der Waals surface area contributed by atoms with Gasteiger partial charge in [0.05, 0.1) is 12.3 Å². The van der Waals surface area contributed by atoms with E-state index in [0.717, 1.165) is 42.0 Å². The Morgan fingerprint density at radius 1 is 1.10 bits per heavy atom. The van der Waals surface area contributed by atoms with E-state index in [1.165, 1.54) is 34.0 Å².